The minimum atomic E-state index is -4.60. The highest BCUT2D eigenvalue weighted by Gasteiger charge is 2.31. The van der Waals surface area contributed by atoms with Gasteiger partial charge in [-0.1, -0.05) is 54.6 Å². The second-order valence-corrected chi connectivity index (χ2v) is 7.43. The summed E-state index contributed by atoms with van der Waals surface area (Å²) >= 11 is 0. The summed E-state index contributed by atoms with van der Waals surface area (Å²) in [5, 5.41) is 9.56. The van der Waals surface area contributed by atoms with Crippen molar-refractivity contribution in [3.63, 3.8) is 0 Å². The molecule has 0 aliphatic rings. The number of carbonyl (C=O) groups excluding carboxylic acids is 1. The fraction of sp³-hybridized carbons (Fsp3) is 0.176. The molecule has 0 aliphatic heterocycles. The molecular formula is C17H20N3O5P. The Kier molecular flexibility index (Phi) is 6.52. The number of carbonyl (C=O) groups is 1. The first-order valence-electron chi connectivity index (χ1n) is 7.71. The van der Waals surface area contributed by atoms with E-state index in [2.05, 4.69) is 5.32 Å². The maximum absolute atomic E-state index is 11.9. The third-order valence-corrected chi connectivity index (χ3v) is 4.72. The summed E-state index contributed by atoms with van der Waals surface area (Å²) in [5.41, 5.74) is 7.20. The van der Waals surface area contributed by atoms with Crippen molar-refractivity contribution in [1.29, 1.82) is 5.41 Å². The number of hydrogen-bond acceptors (Lipinski definition) is 4. The molecule has 0 aromatic heterocycles. The molecule has 2 aromatic rings. The van der Waals surface area contributed by atoms with Crippen LogP contribution >= 0.6 is 7.60 Å². The molecule has 1 atom stereocenters. The molecule has 0 spiro atoms. The largest absolute Gasteiger partial charge is 0.445 e. The van der Waals surface area contributed by atoms with Crippen LogP contribution in [0.2, 0.25) is 0 Å². The third kappa shape index (κ3) is 6.00. The van der Waals surface area contributed by atoms with E-state index in [1.54, 1.807) is 48.5 Å². The molecule has 9 heteroatoms. The molecule has 1 unspecified atom stereocenters. The summed E-state index contributed by atoms with van der Waals surface area (Å²) in [4.78, 5) is 30.9. The van der Waals surface area contributed by atoms with Gasteiger partial charge in [-0.05, 0) is 11.1 Å². The van der Waals surface area contributed by atoms with E-state index in [4.69, 9.17) is 15.9 Å². The number of nitrogens with two attached hydrogens (primary N) is 1. The van der Waals surface area contributed by atoms with Gasteiger partial charge in [-0.15, -0.1) is 0 Å². The summed E-state index contributed by atoms with van der Waals surface area (Å²) in [6.45, 7) is -0.00609. The van der Waals surface area contributed by atoms with Gasteiger partial charge >= 0.3 is 13.7 Å². The van der Waals surface area contributed by atoms with Crippen LogP contribution in [0.1, 0.15) is 16.7 Å². The quantitative estimate of drug-likeness (QED) is 0.283. The smallest absolute Gasteiger partial charge is 0.408 e. The van der Waals surface area contributed by atoms with Gasteiger partial charge in [0, 0.05) is 12.0 Å². The molecule has 6 N–H and O–H groups in total. The second-order valence-electron chi connectivity index (χ2n) is 5.63. The van der Waals surface area contributed by atoms with E-state index in [9.17, 15) is 19.1 Å². The molecule has 138 valence electrons. The Morgan fingerprint density at radius 1 is 1.12 bits per heavy atom. The zero-order valence-corrected chi connectivity index (χ0v) is 14.7. The lowest BCUT2D eigenvalue weighted by molar-refractivity contribution is 0.137. The lowest BCUT2D eigenvalue weighted by Crippen LogP contribution is -2.36. The molecule has 1 amide bonds. The molecule has 2 aromatic carbocycles. The first-order valence-corrected chi connectivity index (χ1v) is 9.39. The lowest BCUT2D eigenvalue weighted by Gasteiger charge is -2.20. The van der Waals surface area contributed by atoms with E-state index < -0.39 is 19.5 Å². The van der Waals surface area contributed by atoms with Gasteiger partial charge in [0.15, 0.2) is 0 Å². The minimum Gasteiger partial charge on any atom is -0.445 e. The molecule has 2 rings (SSSR count). The molecule has 0 fully saturated rings. The maximum atomic E-state index is 11.9. The highest BCUT2D eigenvalue weighted by Crippen LogP contribution is 2.41. The monoisotopic (exact) mass is 377 g/mol. The van der Waals surface area contributed by atoms with Gasteiger partial charge < -0.3 is 25.6 Å². The van der Waals surface area contributed by atoms with E-state index in [0.717, 1.165) is 5.56 Å². The number of hydrogen-bond donors (Lipinski definition) is 5. The van der Waals surface area contributed by atoms with E-state index >= 15 is 0 Å². The number of nitrogens with one attached hydrogen (secondary N) is 2. The molecule has 0 bridgehead atoms. The zero-order valence-electron chi connectivity index (χ0n) is 13.8. The molecule has 0 heterocycles. The summed E-state index contributed by atoms with van der Waals surface area (Å²) in [7, 11) is -4.60. The topological polar surface area (TPSA) is 146 Å². The summed E-state index contributed by atoms with van der Waals surface area (Å²) in [6.07, 6.45) is -1.01. The molecule has 26 heavy (non-hydrogen) atoms. The Hall–Kier alpha value is -2.67. The highest BCUT2D eigenvalue weighted by atomic mass is 31.2. The van der Waals surface area contributed by atoms with Crippen LogP contribution in [-0.4, -0.2) is 27.5 Å². The molecule has 8 nitrogen and oxygen atoms in total. The normalized spacial score (nSPS) is 12.2. The Morgan fingerprint density at radius 2 is 1.73 bits per heavy atom. The van der Waals surface area contributed by atoms with Gasteiger partial charge in [-0.25, -0.2) is 4.79 Å². The van der Waals surface area contributed by atoms with E-state index in [-0.39, 0.29) is 18.9 Å². The highest BCUT2D eigenvalue weighted by molar-refractivity contribution is 7.52. The first kappa shape index (κ1) is 19.7. The van der Waals surface area contributed by atoms with Gasteiger partial charge in [-0.3, -0.25) is 9.97 Å². The first-order chi connectivity index (χ1) is 12.3. The second kappa shape index (κ2) is 8.62. The summed E-state index contributed by atoms with van der Waals surface area (Å²) in [6, 6.07) is 15.3. The molecule has 0 saturated heterocycles. The molecule has 0 radical (unpaired) electrons. The standard InChI is InChI=1S/C17H20N3O5P/c18-16(19)14-8-6-12(7-9-14)10-15(26(22,23)24)20-17(21)25-11-13-4-2-1-3-5-13/h1-9,15H,10-11H2,(H3,18,19)(H,20,21)(H2,22,23,24). The maximum Gasteiger partial charge on any atom is 0.408 e. The fourth-order valence-corrected chi connectivity index (χ4v) is 2.92. The average Bonchev–Trinajstić information content (AvgIpc) is 2.60. The predicted octanol–water partition coefficient (Wildman–Crippen LogP) is 1.94. The van der Waals surface area contributed by atoms with Crippen LogP contribution < -0.4 is 11.1 Å². The van der Waals surface area contributed by atoms with Crippen molar-refractivity contribution in [3.8, 4) is 0 Å². The van der Waals surface area contributed by atoms with Crippen LogP contribution in [0.15, 0.2) is 54.6 Å². The molecular weight excluding hydrogens is 357 g/mol. The van der Waals surface area contributed by atoms with Gasteiger partial charge in [0.05, 0.1) is 0 Å². The van der Waals surface area contributed by atoms with Crippen LogP contribution in [0.25, 0.3) is 0 Å². The SMILES string of the molecule is N=C(N)c1ccc(CC(NC(=O)OCc2ccccc2)P(=O)(O)O)cc1. The van der Waals surface area contributed by atoms with Crippen molar-refractivity contribution >= 4 is 19.5 Å². The van der Waals surface area contributed by atoms with Crippen LogP contribution in [0.4, 0.5) is 4.79 Å². The number of alkyl carbamates (subject to hydrolysis) is 1. The van der Waals surface area contributed by atoms with Crippen LogP contribution in [0.5, 0.6) is 0 Å². The Bertz CT molecular complexity index is 805. The van der Waals surface area contributed by atoms with Crippen molar-refractivity contribution in [1.82, 2.24) is 5.32 Å². The van der Waals surface area contributed by atoms with Gasteiger partial charge in [0.2, 0.25) is 0 Å². The Labute approximate surface area is 150 Å². The minimum absolute atomic E-state index is 0.00609. The van der Waals surface area contributed by atoms with Crippen LogP contribution in [0.3, 0.4) is 0 Å². The number of benzene rings is 2. The number of rotatable bonds is 7. The lowest BCUT2D eigenvalue weighted by atomic mass is 10.1. The van der Waals surface area contributed by atoms with Gasteiger partial charge in [0.1, 0.15) is 18.2 Å². The number of ether oxygens (including phenoxy) is 1. The van der Waals surface area contributed by atoms with Crippen molar-refractivity contribution in [2.45, 2.75) is 18.8 Å². The third-order valence-electron chi connectivity index (χ3n) is 3.60. The van der Waals surface area contributed by atoms with Crippen molar-refractivity contribution in [3.05, 3.63) is 71.3 Å². The predicted molar refractivity (Wildman–Crippen MR) is 96.8 cm³/mol. The number of amides is 1. The number of nitrogen functional groups attached to an aromatic ring is 1. The Morgan fingerprint density at radius 3 is 2.27 bits per heavy atom. The van der Waals surface area contributed by atoms with Crippen molar-refractivity contribution in [2.24, 2.45) is 5.73 Å². The Balaban J connectivity index is 1.99. The number of amidine groups is 1. The summed E-state index contributed by atoms with van der Waals surface area (Å²) in [5.74, 6) is -1.53. The van der Waals surface area contributed by atoms with E-state index in [1.807, 2.05) is 6.07 Å². The van der Waals surface area contributed by atoms with Gasteiger partial charge in [-0.2, -0.15) is 0 Å². The van der Waals surface area contributed by atoms with E-state index in [1.165, 1.54) is 0 Å². The average molecular weight is 377 g/mol. The van der Waals surface area contributed by atoms with Gasteiger partial charge in [0.25, 0.3) is 0 Å². The molecule has 0 aliphatic carbocycles. The summed E-state index contributed by atoms with van der Waals surface area (Å²) < 4.78 is 16.7. The molecule has 0 saturated carbocycles. The van der Waals surface area contributed by atoms with Crippen LogP contribution in [0, 0.1) is 5.41 Å². The fourth-order valence-electron chi connectivity index (χ4n) is 2.20. The van der Waals surface area contributed by atoms with Crippen molar-refractivity contribution < 1.29 is 23.9 Å². The van der Waals surface area contributed by atoms with Crippen molar-refractivity contribution in [2.75, 3.05) is 0 Å². The van der Waals surface area contributed by atoms with E-state index in [0.29, 0.717) is 11.1 Å². The van der Waals surface area contributed by atoms with Crippen LogP contribution in [-0.2, 0) is 22.3 Å². The zero-order chi connectivity index (χ0) is 19.2.